The van der Waals surface area contributed by atoms with Gasteiger partial charge in [-0.05, 0) is 28.1 Å². The van der Waals surface area contributed by atoms with Crippen molar-refractivity contribution >= 4 is 28.3 Å². The van der Waals surface area contributed by atoms with Crippen LogP contribution in [-0.4, -0.2) is 19.9 Å². The minimum absolute atomic E-state index is 0.225. The van der Waals surface area contributed by atoms with Gasteiger partial charge in [0.25, 0.3) is 0 Å². The van der Waals surface area contributed by atoms with Crippen molar-refractivity contribution in [2.24, 2.45) is 0 Å². The van der Waals surface area contributed by atoms with Gasteiger partial charge in [-0.15, -0.1) is 0 Å². The topological polar surface area (TPSA) is 91.0 Å². The lowest BCUT2D eigenvalue weighted by Crippen LogP contribution is -1.96. The summed E-state index contributed by atoms with van der Waals surface area (Å²) in [6, 6.07) is 6.13. The summed E-state index contributed by atoms with van der Waals surface area (Å²) < 4.78 is 5.80. The molecular formula is C14H9ClN4O3. The maximum atomic E-state index is 10.7. The van der Waals surface area contributed by atoms with E-state index in [1.165, 1.54) is 12.1 Å². The predicted molar refractivity (Wildman–Crippen MR) is 80.3 cm³/mol. The summed E-state index contributed by atoms with van der Waals surface area (Å²) in [5.41, 5.74) is 1.05. The summed E-state index contributed by atoms with van der Waals surface area (Å²) >= 11 is 5.90. The average molecular weight is 317 g/mol. The molecule has 0 spiro atoms. The summed E-state index contributed by atoms with van der Waals surface area (Å²) in [6.07, 6.45) is 3.13. The molecule has 0 unspecified atom stereocenters. The minimum Gasteiger partial charge on any atom is -0.452 e. The second-order valence-electron chi connectivity index (χ2n) is 4.45. The Hall–Kier alpha value is -2.80. The van der Waals surface area contributed by atoms with E-state index in [1.54, 1.807) is 31.5 Å². The quantitative estimate of drug-likeness (QED) is 0.416. The van der Waals surface area contributed by atoms with Crippen LogP contribution in [0.2, 0.25) is 5.15 Å². The Balaban J connectivity index is 2.03. The lowest BCUT2D eigenvalue weighted by Gasteiger charge is -2.08. The molecule has 0 saturated carbocycles. The van der Waals surface area contributed by atoms with Crippen molar-refractivity contribution in [3.63, 3.8) is 0 Å². The van der Waals surface area contributed by atoms with Gasteiger partial charge in [-0.1, -0.05) is 11.6 Å². The first kappa shape index (κ1) is 14.2. The highest BCUT2D eigenvalue weighted by molar-refractivity contribution is 6.30. The third kappa shape index (κ3) is 2.66. The maximum absolute atomic E-state index is 10.7. The Morgan fingerprint density at radius 1 is 1.23 bits per heavy atom. The maximum Gasteiger partial charge on any atom is 0.363 e. The number of halogens is 1. The highest BCUT2D eigenvalue weighted by Gasteiger charge is 2.14. The van der Waals surface area contributed by atoms with Gasteiger partial charge in [0, 0.05) is 24.6 Å². The van der Waals surface area contributed by atoms with E-state index in [-0.39, 0.29) is 5.82 Å². The fourth-order valence-corrected chi connectivity index (χ4v) is 2.11. The van der Waals surface area contributed by atoms with Crippen LogP contribution in [0.4, 0.5) is 5.82 Å². The largest absolute Gasteiger partial charge is 0.452 e. The van der Waals surface area contributed by atoms with Crippen molar-refractivity contribution in [3.8, 4) is 11.5 Å². The van der Waals surface area contributed by atoms with Crippen LogP contribution in [0.5, 0.6) is 11.5 Å². The Morgan fingerprint density at radius 2 is 2.05 bits per heavy atom. The van der Waals surface area contributed by atoms with Crippen molar-refractivity contribution in [2.45, 2.75) is 6.92 Å². The molecule has 0 radical (unpaired) electrons. The normalized spacial score (nSPS) is 10.6. The number of hydrogen-bond acceptors (Lipinski definition) is 6. The molecule has 0 aliphatic heterocycles. The molecule has 0 aliphatic carbocycles. The third-order valence-corrected chi connectivity index (χ3v) is 3.19. The van der Waals surface area contributed by atoms with Gasteiger partial charge in [-0.2, -0.15) is 0 Å². The molecule has 3 aromatic heterocycles. The van der Waals surface area contributed by atoms with Crippen molar-refractivity contribution in [1.82, 2.24) is 15.0 Å². The Labute approximate surface area is 129 Å². The number of nitrogens with zero attached hydrogens (tertiary/aromatic N) is 4. The first-order chi connectivity index (χ1) is 10.5. The molecule has 8 heteroatoms. The van der Waals surface area contributed by atoms with Gasteiger partial charge >= 0.3 is 5.82 Å². The molecule has 3 rings (SSSR count). The summed E-state index contributed by atoms with van der Waals surface area (Å²) in [5, 5.41) is 11.7. The molecule has 0 atom stereocenters. The SMILES string of the molecule is Cc1nc([N+](=O)[O-])ccc1Oc1ccnc2cnc(Cl)cc12. The number of pyridine rings is 3. The summed E-state index contributed by atoms with van der Waals surface area (Å²) in [5.74, 6) is 0.718. The van der Waals surface area contributed by atoms with Crippen LogP contribution >= 0.6 is 11.6 Å². The van der Waals surface area contributed by atoms with Crippen LogP contribution in [0.25, 0.3) is 10.9 Å². The van der Waals surface area contributed by atoms with E-state index in [4.69, 9.17) is 16.3 Å². The van der Waals surface area contributed by atoms with E-state index < -0.39 is 4.92 Å². The standard InChI is InChI=1S/C14H9ClN4O3/c1-8-11(2-3-14(18-8)19(20)21)22-12-4-5-16-10-7-17-13(15)6-9(10)12/h2-7H,1H3. The predicted octanol–water partition coefficient (Wildman–Crippen LogP) is 3.69. The molecular weight excluding hydrogens is 308 g/mol. The molecule has 0 aliphatic rings. The van der Waals surface area contributed by atoms with Crippen LogP contribution in [0.1, 0.15) is 5.69 Å². The van der Waals surface area contributed by atoms with Gasteiger partial charge < -0.3 is 14.9 Å². The number of rotatable bonds is 3. The molecule has 0 saturated heterocycles. The number of nitro groups is 1. The van der Waals surface area contributed by atoms with E-state index in [9.17, 15) is 10.1 Å². The van der Waals surface area contributed by atoms with Crippen LogP contribution in [0.15, 0.2) is 36.7 Å². The third-order valence-electron chi connectivity index (χ3n) is 2.98. The van der Waals surface area contributed by atoms with Crippen LogP contribution in [-0.2, 0) is 0 Å². The zero-order chi connectivity index (χ0) is 15.7. The zero-order valence-corrected chi connectivity index (χ0v) is 12.1. The summed E-state index contributed by atoms with van der Waals surface area (Å²) in [7, 11) is 0. The Kier molecular flexibility index (Phi) is 3.56. The van der Waals surface area contributed by atoms with E-state index in [0.29, 0.717) is 33.2 Å². The molecule has 22 heavy (non-hydrogen) atoms. The van der Waals surface area contributed by atoms with E-state index >= 15 is 0 Å². The van der Waals surface area contributed by atoms with Gasteiger partial charge in [0.15, 0.2) is 11.4 Å². The van der Waals surface area contributed by atoms with Gasteiger partial charge in [0.05, 0.1) is 11.7 Å². The second-order valence-corrected chi connectivity index (χ2v) is 4.83. The lowest BCUT2D eigenvalue weighted by molar-refractivity contribution is -0.389. The van der Waals surface area contributed by atoms with E-state index in [0.717, 1.165) is 0 Å². The minimum atomic E-state index is -0.552. The fourth-order valence-electron chi connectivity index (χ4n) is 1.95. The number of aromatic nitrogens is 3. The first-order valence-corrected chi connectivity index (χ1v) is 6.62. The van der Waals surface area contributed by atoms with Crippen LogP contribution < -0.4 is 4.74 Å². The lowest BCUT2D eigenvalue weighted by atomic mass is 10.2. The van der Waals surface area contributed by atoms with Crippen molar-refractivity contribution in [1.29, 1.82) is 0 Å². The monoisotopic (exact) mass is 316 g/mol. The molecule has 0 amide bonds. The molecule has 7 nitrogen and oxygen atoms in total. The highest BCUT2D eigenvalue weighted by atomic mass is 35.5. The Bertz CT molecular complexity index is 885. The number of ether oxygens (including phenoxy) is 1. The molecule has 110 valence electrons. The summed E-state index contributed by atoms with van der Waals surface area (Å²) in [6.45, 7) is 1.64. The molecule has 0 N–H and O–H groups in total. The molecule has 0 bridgehead atoms. The molecule has 0 fully saturated rings. The Morgan fingerprint density at radius 3 is 2.77 bits per heavy atom. The van der Waals surface area contributed by atoms with Gasteiger partial charge in [-0.3, -0.25) is 4.98 Å². The van der Waals surface area contributed by atoms with Crippen molar-refractivity contribution in [2.75, 3.05) is 0 Å². The molecule has 0 aromatic carbocycles. The van der Waals surface area contributed by atoms with Gasteiger partial charge in [0.2, 0.25) is 0 Å². The smallest absolute Gasteiger partial charge is 0.363 e. The van der Waals surface area contributed by atoms with Crippen molar-refractivity contribution < 1.29 is 9.66 Å². The van der Waals surface area contributed by atoms with Crippen molar-refractivity contribution in [3.05, 3.63) is 57.6 Å². The molecule has 3 aromatic rings. The highest BCUT2D eigenvalue weighted by Crippen LogP contribution is 2.31. The summed E-state index contributed by atoms with van der Waals surface area (Å²) in [4.78, 5) is 22.2. The van der Waals surface area contributed by atoms with Gasteiger partial charge in [0.1, 0.15) is 10.9 Å². The van der Waals surface area contributed by atoms with E-state index in [1.807, 2.05) is 0 Å². The average Bonchev–Trinajstić information content (AvgIpc) is 2.49. The zero-order valence-electron chi connectivity index (χ0n) is 11.4. The van der Waals surface area contributed by atoms with Crippen LogP contribution in [0.3, 0.4) is 0 Å². The first-order valence-electron chi connectivity index (χ1n) is 6.25. The fraction of sp³-hybridized carbons (Fsp3) is 0.0714. The van der Waals surface area contributed by atoms with E-state index in [2.05, 4.69) is 15.0 Å². The number of hydrogen-bond donors (Lipinski definition) is 0. The van der Waals surface area contributed by atoms with Gasteiger partial charge in [-0.25, -0.2) is 4.98 Å². The van der Waals surface area contributed by atoms with Crippen LogP contribution in [0, 0.1) is 17.0 Å². The molecule has 3 heterocycles. The number of aryl methyl sites for hydroxylation is 1. The second kappa shape index (κ2) is 5.53. The number of fused-ring (bicyclic) bond motifs is 1.